The molecule has 4 heteroatoms. The number of benzene rings is 9. The van der Waals surface area contributed by atoms with E-state index in [-0.39, 0.29) is 0 Å². The van der Waals surface area contributed by atoms with Crippen molar-refractivity contribution in [3.8, 4) is 33.7 Å². The predicted octanol–water partition coefficient (Wildman–Crippen LogP) is 14.5. The Balaban J connectivity index is 1.11. The Morgan fingerprint density at radius 3 is 1.82 bits per heavy atom. The van der Waals surface area contributed by atoms with Crippen LogP contribution >= 0.6 is 0 Å². The van der Waals surface area contributed by atoms with Gasteiger partial charge in [0, 0.05) is 27.9 Å². The molecule has 0 atom stereocenters. The molecule has 258 valence electrons. The van der Waals surface area contributed by atoms with Crippen LogP contribution in [0.2, 0.25) is 0 Å². The van der Waals surface area contributed by atoms with Crippen LogP contribution in [0.25, 0.3) is 88.3 Å². The summed E-state index contributed by atoms with van der Waals surface area (Å²) >= 11 is 0. The van der Waals surface area contributed by atoms with Gasteiger partial charge in [-0.3, -0.25) is 0 Å². The van der Waals surface area contributed by atoms with Crippen LogP contribution in [-0.4, -0.2) is 4.98 Å². The standard InChI is InChI=1S/C51H32N2O2/c1-3-13-33(14-4-1)40-19-11-12-22-45(40)53(37-25-23-34(24-26-37)43-31-36-17-7-8-18-39(36)41-20-9-10-21-42(41)43)38-27-28-46-44(32-38)49-47(54-46)29-30-48-50(49)52-51(55-48)35-15-5-2-6-16-35/h1-32H. The molecular formula is C51H32N2O2. The monoisotopic (exact) mass is 704 g/mol. The molecule has 0 fully saturated rings. The second-order valence-corrected chi connectivity index (χ2v) is 13.9. The van der Waals surface area contributed by atoms with Crippen LogP contribution in [-0.2, 0) is 0 Å². The van der Waals surface area contributed by atoms with Crippen molar-refractivity contribution in [1.29, 1.82) is 0 Å². The van der Waals surface area contributed by atoms with Crippen molar-refractivity contribution in [2.75, 3.05) is 4.90 Å². The third-order valence-electron chi connectivity index (χ3n) is 10.7. The molecule has 0 aliphatic rings. The first kappa shape index (κ1) is 31.1. The Morgan fingerprint density at radius 2 is 1.00 bits per heavy atom. The van der Waals surface area contributed by atoms with Crippen LogP contribution in [0.1, 0.15) is 0 Å². The lowest BCUT2D eigenvalue weighted by Crippen LogP contribution is -2.11. The van der Waals surface area contributed by atoms with Gasteiger partial charge in [-0.25, -0.2) is 4.98 Å². The number of aromatic nitrogens is 1. The first-order valence-electron chi connectivity index (χ1n) is 18.5. The summed E-state index contributed by atoms with van der Waals surface area (Å²) in [5.41, 5.74) is 11.8. The molecule has 0 unspecified atom stereocenters. The number of oxazole rings is 1. The normalized spacial score (nSPS) is 11.6. The fourth-order valence-electron chi connectivity index (χ4n) is 8.13. The van der Waals surface area contributed by atoms with Gasteiger partial charge >= 0.3 is 0 Å². The molecule has 0 N–H and O–H groups in total. The molecule has 0 spiro atoms. The summed E-state index contributed by atoms with van der Waals surface area (Å²) in [4.78, 5) is 7.37. The average molecular weight is 705 g/mol. The summed E-state index contributed by atoms with van der Waals surface area (Å²) in [5.74, 6) is 0.589. The number of anilines is 3. The number of hydrogen-bond donors (Lipinski definition) is 0. The van der Waals surface area contributed by atoms with E-state index in [1.165, 1.54) is 32.7 Å². The van der Waals surface area contributed by atoms with Crippen molar-refractivity contribution in [2.24, 2.45) is 0 Å². The molecule has 0 saturated heterocycles. The van der Waals surface area contributed by atoms with E-state index in [9.17, 15) is 0 Å². The van der Waals surface area contributed by atoms with E-state index in [1.807, 2.05) is 42.5 Å². The molecule has 0 aliphatic heterocycles. The molecule has 0 radical (unpaired) electrons. The van der Waals surface area contributed by atoms with Crippen LogP contribution in [0.3, 0.4) is 0 Å². The quantitative estimate of drug-likeness (QED) is 0.162. The summed E-state index contributed by atoms with van der Waals surface area (Å²) in [5, 5.41) is 6.92. The average Bonchev–Trinajstić information content (AvgIpc) is 3.86. The van der Waals surface area contributed by atoms with Crippen LogP contribution in [0.4, 0.5) is 17.1 Å². The predicted molar refractivity (Wildman–Crippen MR) is 227 cm³/mol. The molecule has 0 bridgehead atoms. The first-order chi connectivity index (χ1) is 27.3. The van der Waals surface area contributed by atoms with E-state index in [0.29, 0.717) is 5.89 Å². The third kappa shape index (κ3) is 5.19. The van der Waals surface area contributed by atoms with Crippen LogP contribution < -0.4 is 4.90 Å². The first-order valence-corrected chi connectivity index (χ1v) is 18.5. The van der Waals surface area contributed by atoms with Crippen molar-refractivity contribution < 1.29 is 8.83 Å². The molecule has 9 aromatic carbocycles. The number of para-hydroxylation sites is 1. The van der Waals surface area contributed by atoms with E-state index in [4.69, 9.17) is 13.8 Å². The van der Waals surface area contributed by atoms with Gasteiger partial charge in [0.2, 0.25) is 5.89 Å². The summed E-state index contributed by atoms with van der Waals surface area (Å²) in [6.07, 6.45) is 0. The lowest BCUT2D eigenvalue weighted by molar-refractivity contribution is 0.619. The van der Waals surface area contributed by atoms with Gasteiger partial charge in [-0.15, -0.1) is 0 Å². The summed E-state index contributed by atoms with van der Waals surface area (Å²) in [6, 6.07) is 68.2. The van der Waals surface area contributed by atoms with E-state index < -0.39 is 0 Å². The number of fused-ring (bicyclic) bond motifs is 8. The van der Waals surface area contributed by atoms with Gasteiger partial charge < -0.3 is 13.7 Å². The van der Waals surface area contributed by atoms with Gasteiger partial charge in [-0.1, -0.05) is 127 Å². The molecule has 0 amide bonds. The van der Waals surface area contributed by atoms with E-state index in [1.54, 1.807) is 0 Å². The van der Waals surface area contributed by atoms with Crippen molar-refractivity contribution in [2.45, 2.75) is 0 Å². The fraction of sp³-hybridized carbons (Fsp3) is 0. The second-order valence-electron chi connectivity index (χ2n) is 13.9. The summed E-state index contributed by atoms with van der Waals surface area (Å²) < 4.78 is 12.7. The number of rotatable bonds is 6. The molecule has 2 heterocycles. The lowest BCUT2D eigenvalue weighted by atomic mass is 9.93. The zero-order valence-electron chi connectivity index (χ0n) is 29.7. The highest BCUT2D eigenvalue weighted by atomic mass is 16.4. The largest absolute Gasteiger partial charge is 0.456 e. The fourth-order valence-corrected chi connectivity index (χ4v) is 8.13. The smallest absolute Gasteiger partial charge is 0.227 e. The highest BCUT2D eigenvalue weighted by Gasteiger charge is 2.21. The third-order valence-corrected chi connectivity index (χ3v) is 10.7. The Labute approximate surface area is 317 Å². The topological polar surface area (TPSA) is 42.4 Å². The highest BCUT2D eigenvalue weighted by molar-refractivity contribution is 6.18. The Kier molecular flexibility index (Phi) is 7.14. The van der Waals surface area contributed by atoms with Crippen molar-refractivity contribution in [3.63, 3.8) is 0 Å². The van der Waals surface area contributed by atoms with E-state index >= 15 is 0 Å². The molecule has 11 aromatic rings. The number of hydrogen-bond acceptors (Lipinski definition) is 4. The maximum Gasteiger partial charge on any atom is 0.227 e. The van der Waals surface area contributed by atoms with Gasteiger partial charge in [0.15, 0.2) is 5.58 Å². The van der Waals surface area contributed by atoms with Crippen molar-refractivity contribution in [3.05, 3.63) is 194 Å². The SMILES string of the molecule is c1ccc(-c2nc3c(ccc4oc5ccc(N(c6ccc(-c7cc8ccccc8c8ccccc78)cc6)c6ccccc6-c6ccccc6)cc5c43)o2)cc1. The van der Waals surface area contributed by atoms with Gasteiger partial charge in [-0.05, 0) is 105 Å². The van der Waals surface area contributed by atoms with Gasteiger partial charge in [0.05, 0.1) is 11.1 Å². The number of furan rings is 1. The van der Waals surface area contributed by atoms with Gasteiger partial charge in [-0.2, -0.15) is 0 Å². The molecule has 55 heavy (non-hydrogen) atoms. The number of nitrogens with zero attached hydrogens (tertiary/aromatic N) is 2. The maximum atomic E-state index is 6.44. The maximum absolute atomic E-state index is 6.44. The Hall–Kier alpha value is -7.43. The Bertz CT molecular complexity index is 3200. The molecule has 4 nitrogen and oxygen atoms in total. The molecule has 11 rings (SSSR count). The van der Waals surface area contributed by atoms with Gasteiger partial charge in [0.1, 0.15) is 16.7 Å². The zero-order valence-corrected chi connectivity index (χ0v) is 29.7. The van der Waals surface area contributed by atoms with Gasteiger partial charge in [0.25, 0.3) is 0 Å². The minimum Gasteiger partial charge on any atom is -0.456 e. The minimum absolute atomic E-state index is 0.589. The molecular weight excluding hydrogens is 673 g/mol. The van der Waals surface area contributed by atoms with Crippen molar-refractivity contribution >= 4 is 71.6 Å². The van der Waals surface area contributed by atoms with Crippen LogP contribution in [0, 0.1) is 0 Å². The highest BCUT2D eigenvalue weighted by Crippen LogP contribution is 2.45. The molecule has 0 aliphatic carbocycles. The zero-order chi connectivity index (χ0) is 36.3. The van der Waals surface area contributed by atoms with E-state index in [2.05, 4.69) is 157 Å². The van der Waals surface area contributed by atoms with Crippen LogP contribution in [0.5, 0.6) is 0 Å². The second kappa shape index (κ2) is 12.6. The summed E-state index contributed by atoms with van der Waals surface area (Å²) in [7, 11) is 0. The lowest BCUT2D eigenvalue weighted by Gasteiger charge is -2.28. The van der Waals surface area contributed by atoms with Crippen LogP contribution in [0.15, 0.2) is 203 Å². The Morgan fingerprint density at radius 1 is 0.382 bits per heavy atom. The van der Waals surface area contributed by atoms with E-state index in [0.717, 1.165) is 66.8 Å². The van der Waals surface area contributed by atoms with Crippen molar-refractivity contribution in [1.82, 2.24) is 4.98 Å². The molecule has 0 saturated carbocycles. The summed E-state index contributed by atoms with van der Waals surface area (Å²) in [6.45, 7) is 0. The minimum atomic E-state index is 0.589. The molecule has 2 aromatic heterocycles.